The minimum Gasteiger partial charge on any atom is -0.383 e. The highest BCUT2D eigenvalue weighted by Crippen LogP contribution is 2.22. The molecule has 0 aromatic carbocycles. The van der Waals surface area contributed by atoms with E-state index in [-0.39, 0.29) is 6.04 Å². The topological polar surface area (TPSA) is 38.3 Å². The lowest BCUT2D eigenvalue weighted by molar-refractivity contribution is 0.176. The highest BCUT2D eigenvalue weighted by molar-refractivity contribution is 7.85. The van der Waals surface area contributed by atoms with Gasteiger partial charge in [0.05, 0.1) is 6.61 Å². The van der Waals surface area contributed by atoms with E-state index in [0.29, 0.717) is 11.9 Å². The fraction of sp³-hybridized carbons (Fsp3) is 1.00. The van der Waals surface area contributed by atoms with E-state index in [1.165, 1.54) is 19.3 Å². The highest BCUT2D eigenvalue weighted by Gasteiger charge is 2.21. The smallest absolute Gasteiger partial charge is 0.0624 e. The Balaban J connectivity index is 2.31. The molecule has 2 unspecified atom stereocenters. The molecule has 1 N–H and O–H groups in total. The molecule has 1 rings (SSSR count). The van der Waals surface area contributed by atoms with Gasteiger partial charge in [0.25, 0.3) is 0 Å². The Morgan fingerprint density at radius 1 is 1.40 bits per heavy atom. The largest absolute Gasteiger partial charge is 0.383 e. The van der Waals surface area contributed by atoms with Gasteiger partial charge in [-0.15, -0.1) is 0 Å². The van der Waals surface area contributed by atoms with E-state index in [4.69, 9.17) is 4.74 Å². The van der Waals surface area contributed by atoms with E-state index >= 15 is 0 Å². The minimum atomic E-state index is -0.680. The number of rotatable bonds is 6. The molecular formula is C11H23NO2S. The number of ether oxygens (including phenoxy) is 1. The summed E-state index contributed by atoms with van der Waals surface area (Å²) < 4.78 is 17.1. The Bertz CT molecular complexity index is 193. The second-order valence-electron chi connectivity index (χ2n) is 4.25. The van der Waals surface area contributed by atoms with Gasteiger partial charge < -0.3 is 10.1 Å². The molecule has 0 saturated heterocycles. The first-order valence-corrected chi connectivity index (χ1v) is 7.19. The van der Waals surface area contributed by atoms with Crippen LogP contribution in [0.4, 0.5) is 0 Å². The van der Waals surface area contributed by atoms with E-state index < -0.39 is 10.8 Å². The fourth-order valence-corrected chi connectivity index (χ4v) is 3.87. The van der Waals surface area contributed by atoms with Gasteiger partial charge in [-0.3, -0.25) is 4.21 Å². The second kappa shape index (κ2) is 7.36. The Kier molecular flexibility index (Phi) is 6.45. The zero-order valence-electron chi connectivity index (χ0n) is 9.83. The molecule has 0 amide bonds. The summed E-state index contributed by atoms with van der Waals surface area (Å²) in [6.07, 6.45) is 6.13. The summed E-state index contributed by atoms with van der Waals surface area (Å²) in [6, 6.07) is 0.234. The van der Waals surface area contributed by atoms with Crippen molar-refractivity contribution in [2.24, 2.45) is 0 Å². The lowest BCUT2D eigenvalue weighted by atomic mass is 10.0. The average molecular weight is 233 g/mol. The maximum absolute atomic E-state index is 12.1. The summed E-state index contributed by atoms with van der Waals surface area (Å²) in [4.78, 5) is 0. The van der Waals surface area contributed by atoms with Crippen LogP contribution in [0.3, 0.4) is 0 Å². The normalized spacial score (nSPS) is 22.5. The molecule has 1 aliphatic carbocycles. The fourth-order valence-electron chi connectivity index (χ4n) is 2.08. The zero-order valence-corrected chi connectivity index (χ0v) is 10.6. The van der Waals surface area contributed by atoms with Crippen molar-refractivity contribution in [2.75, 3.05) is 26.5 Å². The van der Waals surface area contributed by atoms with Gasteiger partial charge in [0.15, 0.2) is 0 Å². The molecule has 1 saturated carbocycles. The van der Waals surface area contributed by atoms with Crippen LogP contribution in [0.25, 0.3) is 0 Å². The molecule has 0 spiro atoms. The number of hydrogen-bond acceptors (Lipinski definition) is 3. The van der Waals surface area contributed by atoms with Gasteiger partial charge in [0.2, 0.25) is 0 Å². The number of nitrogens with one attached hydrogen (secondary N) is 1. The van der Waals surface area contributed by atoms with Gasteiger partial charge in [-0.2, -0.15) is 0 Å². The van der Waals surface area contributed by atoms with Gasteiger partial charge in [-0.25, -0.2) is 0 Å². The van der Waals surface area contributed by atoms with Gasteiger partial charge in [0.1, 0.15) is 0 Å². The summed E-state index contributed by atoms with van der Waals surface area (Å²) in [5, 5.41) is 3.59. The molecule has 0 aromatic heterocycles. The van der Waals surface area contributed by atoms with Crippen molar-refractivity contribution in [3.63, 3.8) is 0 Å². The molecule has 3 nitrogen and oxygen atoms in total. The first-order chi connectivity index (χ1) is 7.27. The third-order valence-electron chi connectivity index (χ3n) is 3.07. The van der Waals surface area contributed by atoms with E-state index in [1.807, 2.05) is 7.05 Å². The van der Waals surface area contributed by atoms with E-state index in [1.54, 1.807) is 7.11 Å². The van der Waals surface area contributed by atoms with Crippen molar-refractivity contribution in [3.05, 3.63) is 0 Å². The standard InChI is InChI=1S/C11H23NO2S/c1-12-10(8-14-2)9-15(13)11-6-4-3-5-7-11/h10-12H,3-9H2,1-2H3. The van der Waals surface area contributed by atoms with Crippen LogP contribution in [-0.2, 0) is 15.5 Å². The number of likely N-dealkylation sites (N-methyl/N-ethyl adjacent to an activating group) is 1. The van der Waals surface area contributed by atoms with E-state index in [2.05, 4.69) is 5.32 Å². The van der Waals surface area contributed by atoms with Crippen molar-refractivity contribution in [1.29, 1.82) is 0 Å². The Hall–Kier alpha value is 0.0700. The van der Waals surface area contributed by atoms with Crippen LogP contribution < -0.4 is 5.32 Å². The van der Waals surface area contributed by atoms with Crippen LogP contribution in [0.15, 0.2) is 0 Å². The number of hydrogen-bond donors (Lipinski definition) is 1. The Morgan fingerprint density at radius 3 is 2.60 bits per heavy atom. The first kappa shape index (κ1) is 13.1. The second-order valence-corrected chi connectivity index (χ2v) is 6.01. The quantitative estimate of drug-likeness (QED) is 0.751. The zero-order chi connectivity index (χ0) is 11.1. The molecular weight excluding hydrogens is 210 g/mol. The predicted octanol–water partition coefficient (Wildman–Crippen LogP) is 1.30. The molecule has 0 bridgehead atoms. The summed E-state index contributed by atoms with van der Waals surface area (Å²) in [7, 11) is 2.91. The highest BCUT2D eigenvalue weighted by atomic mass is 32.2. The lowest BCUT2D eigenvalue weighted by Crippen LogP contribution is -2.37. The summed E-state index contributed by atoms with van der Waals surface area (Å²) in [6.45, 7) is 0.648. The van der Waals surface area contributed by atoms with Crippen LogP contribution >= 0.6 is 0 Å². The molecule has 1 aliphatic rings. The monoisotopic (exact) mass is 233 g/mol. The molecule has 90 valence electrons. The third kappa shape index (κ3) is 4.62. The first-order valence-electron chi connectivity index (χ1n) is 5.81. The van der Waals surface area contributed by atoms with Crippen molar-refractivity contribution in [2.45, 2.75) is 43.4 Å². The van der Waals surface area contributed by atoms with Crippen LogP contribution in [-0.4, -0.2) is 42.0 Å². The van der Waals surface area contributed by atoms with Crippen molar-refractivity contribution in [3.8, 4) is 0 Å². The minimum absolute atomic E-state index is 0.234. The molecule has 0 aliphatic heterocycles. The summed E-state index contributed by atoms with van der Waals surface area (Å²) in [5.74, 6) is 0.731. The Morgan fingerprint density at radius 2 is 2.07 bits per heavy atom. The predicted molar refractivity (Wildman–Crippen MR) is 64.6 cm³/mol. The lowest BCUT2D eigenvalue weighted by Gasteiger charge is -2.23. The molecule has 0 heterocycles. The van der Waals surface area contributed by atoms with Crippen molar-refractivity contribution >= 4 is 10.8 Å². The van der Waals surface area contributed by atoms with Crippen LogP contribution in [0, 0.1) is 0 Å². The molecule has 4 heteroatoms. The van der Waals surface area contributed by atoms with Crippen LogP contribution in [0.2, 0.25) is 0 Å². The van der Waals surface area contributed by atoms with Crippen LogP contribution in [0.1, 0.15) is 32.1 Å². The third-order valence-corrected chi connectivity index (χ3v) is 5.01. The van der Waals surface area contributed by atoms with Gasteiger partial charge in [-0.05, 0) is 19.9 Å². The maximum atomic E-state index is 12.1. The van der Waals surface area contributed by atoms with Gasteiger partial charge >= 0.3 is 0 Å². The van der Waals surface area contributed by atoms with Crippen molar-refractivity contribution in [1.82, 2.24) is 5.32 Å². The molecule has 15 heavy (non-hydrogen) atoms. The summed E-state index contributed by atoms with van der Waals surface area (Å²) in [5.41, 5.74) is 0. The van der Waals surface area contributed by atoms with Gasteiger partial charge in [-0.1, -0.05) is 19.3 Å². The molecule has 0 radical (unpaired) electrons. The van der Waals surface area contributed by atoms with Crippen molar-refractivity contribution < 1.29 is 8.95 Å². The SMILES string of the molecule is CNC(COC)CS(=O)C1CCCCC1. The molecule has 0 aromatic rings. The Labute approximate surface area is 95.4 Å². The number of methoxy groups -OCH3 is 1. The van der Waals surface area contributed by atoms with E-state index in [9.17, 15) is 4.21 Å². The molecule has 1 fully saturated rings. The summed E-state index contributed by atoms with van der Waals surface area (Å²) >= 11 is 0. The van der Waals surface area contributed by atoms with Crippen LogP contribution in [0.5, 0.6) is 0 Å². The average Bonchev–Trinajstić information content (AvgIpc) is 2.29. The molecule has 2 atom stereocenters. The van der Waals surface area contributed by atoms with Gasteiger partial charge in [0, 0.05) is 35.0 Å². The maximum Gasteiger partial charge on any atom is 0.0624 e. The van der Waals surface area contributed by atoms with E-state index in [0.717, 1.165) is 18.6 Å².